The molecule has 0 aromatic rings. The zero-order chi connectivity index (χ0) is 8.04. The Bertz CT molecular complexity index is 81.1. The van der Waals surface area contributed by atoms with Crippen LogP contribution in [0.25, 0.3) is 0 Å². The molecule has 0 radical (unpaired) electrons. The van der Waals surface area contributed by atoms with Crippen LogP contribution < -0.4 is 5.73 Å². The molecule has 5 N–H and O–H groups in total. The van der Waals surface area contributed by atoms with E-state index in [1.54, 1.807) is 0 Å². The summed E-state index contributed by atoms with van der Waals surface area (Å²) in [5.41, 5.74) is 4.13. The van der Waals surface area contributed by atoms with Crippen molar-refractivity contribution in [3.05, 3.63) is 0 Å². The lowest BCUT2D eigenvalue weighted by molar-refractivity contribution is 0.00286. The Hall–Kier alpha value is -0.160. The van der Waals surface area contributed by atoms with E-state index in [-0.39, 0.29) is 32.6 Å². The van der Waals surface area contributed by atoms with Gasteiger partial charge in [0.1, 0.15) is 0 Å². The third-order valence-electron chi connectivity index (χ3n) is 1.53. The SMILES string of the molecule is NCC(O)(CCO)CCO. The minimum atomic E-state index is -1.08. The summed E-state index contributed by atoms with van der Waals surface area (Å²) in [7, 11) is 0. The smallest absolute Gasteiger partial charge is 0.0813 e. The second-order valence-electron chi connectivity index (χ2n) is 2.38. The van der Waals surface area contributed by atoms with Crippen LogP contribution >= 0.6 is 0 Å². The lowest BCUT2D eigenvalue weighted by Gasteiger charge is -2.24. The Balaban J connectivity index is 3.69. The fourth-order valence-electron chi connectivity index (χ4n) is 0.745. The second kappa shape index (κ2) is 4.62. The second-order valence-corrected chi connectivity index (χ2v) is 2.38. The first-order valence-electron chi connectivity index (χ1n) is 3.32. The normalized spacial score (nSPS) is 12.0. The van der Waals surface area contributed by atoms with Crippen LogP contribution in [-0.2, 0) is 0 Å². The molecule has 0 aromatic heterocycles. The highest BCUT2D eigenvalue weighted by molar-refractivity contribution is 4.78. The van der Waals surface area contributed by atoms with Gasteiger partial charge < -0.3 is 21.1 Å². The van der Waals surface area contributed by atoms with Crippen molar-refractivity contribution in [3.63, 3.8) is 0 Å². The van der Waals surface area contributed by atoms with Crippen molar-refractivity contribution in [3.8, 4) is 0 Å². The average Bonchev–Trinajstić information content (AvgIpc) is 1.89. The van der Waals surface area contributed by atoms with E-state index in [1.807, 2.05) is 0 Å². The van der Waals surface area contributed by atoms with Gasteiger partial charge in [-0.2, -0.15) is 0 Å². The van der Waals surface area contributed by atoms with Crippen LogP contribution in [0.2, 0.25) is 0 Å². The molecule has 0 fully saturated rings. The van der Waals surface area contributed by atoms with Gasteiger partial charge in [-0.3, -0.25) is 0 Å². The molecule has 0 aliphatic heterocycles. The molecule has 0 aliphatic rings. The van der Waals surface area contributed by atoms with Crippen molar-refractivity contribution in [2.75, 3.05) is 19.8 Å². The zero-order valence-corrected chi connectivity index (χ0v) is 5.95. The van der Waals surface area contributed by atoms with Crippen LogP contribution in [0.5, 0.6) is 0 Å². The van der Waals surface area contributed by atoms with Crippen LogP contribution in [0.15, 0.2) is 0 Å². The Morgan fingerprint density at radius 3 is 1.70 bits per heavy atom. The molecular formula is C6H15NO3. The number of nitrogens with two attached hydrogens (primary N) is 1. The number of hydrogen-bond donors (Lipinski definition) is 4. The largest absolute Gasteiger partial charge is 0.396 e. The lowest BCUT2D eigenvalue weighted by Crippen LogP contribution is -2.39. The van der Waals surface area contributed by atoms with Crippen molar-refractivity contribution < 1.29 is 15.3 Å². The summed E-state index contributed by atoms with van der Waals surface area (Å²) in [5.74, 6) is 0. The Morgan fingerprint density at radius 2 is 1.50 bits per heavy atom. The molecule has 62 valence electrons. The molecule has 10 heavy (non-hydrogen) atoms. The molecular weight excluding hydrogens is 134 g/mol. The highest BCUT2D eigenvalue weighted by Crippen LogP contribution is 2.11. The van der Waals surface area contributed by atoms with E-state index < -0.39 is 5.60 Å². The molecule has 0 amide bonds. The molecule has 0 unspecified atom stereocenters. The number of aliphatic hydroxyl groups excluding tert-OH is 2. The topological polar surface area (TPSA) is 86.7 Å². The summed E-state index contributed by atoms with van der Waals surface area (Å²) in [5, 5.41) is 26.3. The number of rotatable bonds is 5. The third kappa shape index (κ3) is 3.12. The lowest BCUT2D eigenvalue weighted by atomic mass is 9.97. The molecule has 0 aromatic carbocycles. The van der Waals surface area contributed by atoms with Gasteiger partial charge in [0.05, 0.1) is 5.60 Å². The van der Waals surface area contributed by atoms with Gasteiger partial charge in [-0.1, -0.05) is 0 Å². The van der Waals surface area contributed by atoms with Gasteiger partial charge in [0.15, 0.2) is 0 Å². The first-order chi connectivity index (χ1) is 4.68. The van der Waals surface area contributed by atoms with Gasteiger partial charge >= 0.3 is 0 Å². The van der Waals surface area contributed by atoms with Crippen LogP contribution in [0, 0.1) is 0 Å². The summed E-state index contributed by atoms with van der Waals surface area (Å²) in [6.07, 6.45) is 0.453. The van der Waals surface area contributed by atoms with Gasteiger partial charge in [-0.15, -0.1) is 0 Å². The standard InChI is InChI=1S/C6H15NO3/c7-5-6(10,1-3-8)2-4-9/h8-10H,1-5,7H2. The maximum Gasteiger partial charge on any atom is 0.0813 e. The number of aliphatic hydroxyl groups is 3. The quantitative estimate of drug-likeness (QED) is 0.381. The zero-order valence-electron chi connectivity index (χ0n) is 5.95. The van der Waals surface area contributed by atoms with E-state index in [4.69, 9.17) is 15.9 Å². The fourth-order valence-corrected chi connectivity index (χ4v) is 0.745. The van der Waals surface area contributed by atoms with E-state index in [0.717, 1.165) is 0 Å². The molecule has 0 rings (SSSR count). The molecule has 0 saturated heterocycles. The molecule has 0 atom stereocenters. The molecule has 0 heterocycles. The van der Waals surface area contributed by atoms with Gasteiger partial charge in [-0.25, -0.2) is 0 Å². The van der Waals surface area contributed by atoms with Crippen LogP contribution in [0.4, 0.5) is 0 Å². The van der Waals surface area contributed by atoms with Gasteiger partial charge in [0, 0.05) is 32.6 Å². The predicted molar refractivity (Wildman–Crippen MR) is 37.4 cm³/mol. The van der Waals surface area contributed by atoms with E-state index in [9.17, 15) is 5.11 Å². The molecule has 0 saturated carbocycles. The van der Waals surface area contributed by atoms with Crippen LogP contribution in [0.1, 0.15) is 12.8 Å². The summed E-state index contributed by atoms with van der Waals surface area (Å²) in [6.45, 7) is -0.129. The minimum absolute atomic E-state index is 0.0775. The van der Waals surface area contributed by atoms with E-state index in [1.165, 1.54) is 0 Å². The molecule has 0 spiro atoms. The third-order valence-corrected chi connectivity index (χ3v) is 1.53. The van der Waals surface area contributed by atoms with Crippen LogP contribution in [-0.4, -0.2) is 40.7 Å². The Morgan fingerprint density at radius 1 is 1.10 bits per heavy atom. The average molecular weight is 149 g/mol. The Labute approximate surface area is 60.3 Å². The minimum Gasteiger partial charge on any atom is -0.396 e. The van der Waals surface area contributed by atoms with Crippen molar-refractivity contribution in [1.29, 1.82) is 0 Å². The van der Waals surface area contributed by atoms with Crippen molar-refractivity contribution >= 4 is 0 Å². The summed E-state index contributed by atoms with van der Waals surface area (Å²) in [6, 6.07) is 0. The van der Waals surface area contributed by atoms with E-state index in [0.29, 0.717) is 0 Å². The van der Waals surface area contributed by atoms with Gasteiger partial charge in [0.25, 0.3) is 0 Å². The van der Waals surface area contributed by atoms with Gasteiger partial charge in [-0.05, 0) is 0 Å². The van der Waals surface area contributed by atoms with Crippen LogP contribution in [0.3, 0.4) is 0 Å². The fraction of sp³-hybridized carbons (Fsp3) is 1.00. The summed E-state index contributed by atoms with van der Waals surface area (Å²) < 4.78 is 0. The first kappa shape index (κ1) is 9.84. The molecule has 0 aliphatic carbocycles. The van der Waals surface area contributed by atoms with Crippen molar-refractivity contribution in [1.82, 2.24) is 0 Å². The first-order valence-corrected chi connectivity index (χ1v) is 3.32. The molecule has 4 heteroatoms. The van der Waals surface area contributed by atoms with E-state index in [2.05, 4.69) is 0 Å². The van der Waals surface area contributed by atoms with Gasteiger partial charge in [0.2, 0.25) is 0 Å². The molecule has 0 bridgehead atoms. The number of hydrogen-bond acceptors (Lipinski definition) is 4. The van der Waals surface area contributed by atoms with Crippen molar-refractivity contribution in [2.24, 2.45) is 5.73 Å². The van der Waals surface area contributed by atoms with E-state index >= 15 is 0 Å². The summed E-state index contributed by atoms with van der Waals surface area (Å²) >= 11 is 0. The maximum atomic E-state index is 9.38. The predicted octanol–water partition coefficient (Wildman–Crippen LogP) is -1.56. The highest BCUT2D eigenvalue weighted by atomic mass is 16.3. The molecule has 4 nitrogen and oxygen atoms in total. The maximum absolute atomic E-state index is 9.38. The Kier molecular flexibility index (Phi) is 4.55. The highest BCUT2D eigenvalue weighted by Gasteiger charge is 2.23. The monoisotopic (exact) mass is 149 g/mol. The van der Waals surface area contributed by atoms with Crippen molar-refractivity contribution in [2.45, 2.75) is 18.4 Å². The summed E-state index contributed by atoms with van der Waals surface area (Å²) in [4.78, 5) is 0.